The molecular formula is C13H17N3O5. The molecule has 0 amide bonds. The zero-order valence-corrected chi connectivity index (χ0v) is 11.6. The number of esters is 1. The fraction of sp³-hybridized carbons (Fsp3) is 0.538. The van der Waals surface area contributed by atoms with Crippen LogP contribution in [0.3, 0.4) is 0 Å². The Kier molecular flexibility index (Phi) is 4.69. The minimum atomic E-state index is -0.669. The summed E-state index contributed by atoms with van der Waals surface area (Å²) in [7, 11) is 1.20. The molecule has 0 aliphatic heterocycles. The number of nitro groups is 1. The maximum atomic E-state index is 11.4. The van der Waals surface area contributed by atoms with Crippen LogP contribution in [-0.4, -0.2) is 40.2 Å². The summed E-state index contributed by atoms with van der Waals surface area (Å²) in [5.41, 5.74) is -0.224. The Labute approximate surface area is 121 Å². The second-order valence-electron chi connectivity index (χ2n) is 4.99. The molecule has 1 saturated carbocycles. The lowest BCUT2D eigenvalue weighted by Gasteiger charge is -2.26. The van der Waals surface area contributed by atoms with Gasteiger partial charge < -0.3 is 15.2 Å². The molecule has 114 valence electrons. The number of carbonyl (C=O) groups is 1. The fourth-order valence-electron chi connectivity index (χ4n) is 2.35. The first-order chi connectivity index (χ1) is 10.0. The van der Waals surface area contributed by atoms with Crippen LogP contribution in [0.2, 0.25) is 0 Å². The van der Waals surface area contributed by atoms with Gasteiger partial charge in [0, 0.05) is 18.3 Å². The number of rotatable bonds is 4. The second-order valence-corrected chi connectivity index (χ2v) is 4.99. The van der Waals surface area contributed by atoms with E-state index < -0.39 is 10.9 Å². The number of nitrogens with one attached hydrogen (secondary N) is 1. The highest BCUT2D eigenvalue weighted by atomic mass is 16.6. The van der Waals surface area contributed by atoms with Crippen LogP contribution >= 0.6 is 0 Å². The van der Waals surface area contributed by atoms with E-state index in [1.165, 1.54) is 13.3 Å². The van der Waals surface area contributed by atoms with Crippen molar-refractivity contribution >= 4 is 17.5 Å². The number of nitrogens with zero attached hydrogens (tertiary/aromatic N) is 2. The van der Waals surface area contributed by atoms with Gasteiger partial charge in [-0.05, 0) is 25.7 Å². The Morgan fingerprint density at radius 2 is 2.14 bits per heavy atom. The number of hydrogen-bond donors (Lipinski definition) is 2. The van der Waals surface area contributed by atoms with Crippen LogP contribution in [0.4, 0.5) is 11.5 Å². The van der Waals surface area contributed by atoms with Crippen LogP contribution in [0.5, 0.6) is 0 Å². The molecule has 2 N–H and O–H groups in total. The van der Waals surface area contributed by atoms with Crippen molar-refractivity contribution in [3.05, 3.63) is 27.9 Å². The Hall–Kier alpha value is -2.22. The van der Waals surface area contributed by atoms with Gasteiger partial charge in [-0.2, -0.15) is 0 Å². The summed E-state index contributed by atoms with van der Waals surface area (Å²) in [4.78, 5) is 25.9. The summed E-state index contributed by atoms with van der Waals surface area (Å²) in [5, 5.41) is 23.6. The van der Waals surface area contributed by atoms with Gasteiger partial charge in [-0.1, -0.05) is 0 Å². The number of carbonyl (C=O) groups excluding carboxylic acids is 1. The third-order valence-electron chi connectivity index (χ3n) is 3.52. The van der Waals surface area contributed by atoms with Crippen LogP contribution in [0.25, 0.3) is 0 Å². The molecule has 1 aliphatic carbocycles. The normalized spacial score (nSPS) is 21.6. The molecule has 0 spiro atoms. The predicted octanol–water partition coefficient (Wildman–Crippen LogP) is 1.49. The van der Waals surface area contributed by atoms with Crippen LogP contribution in [0.1, 0.15) is 36.0 Å². The minimum absolute atomic E-state index is 0.0311. The number of methoxy groups -OCH3 is 1. The summed E-state index contributed by atoms with van der Waals surface area (Å²) in [5.74, 6) is -0.535. The molecule has 0 saturated heterocycles. The molecule has 1 aromatic rings. The fourth-order valence-corrected chi connectivity index (χ4v) is 2.35. The Balaban J connectivity index is 2.18. The van der Waals surface area contributed by atoms with Crippen LogP contribution < -0.4 is 5.32 Å². The summed E-state index contributed by atoms with van der Waals surface area (Å²) >= 11 is 0. The minimum Gasteiger partial charge on any atom is -0.465 e. The Morgan fingerprint density at radius 3 is 2.71 bits per heavy atom. The third kappa shape index (κ3) is 3.66. The first-order valence-electron chi connectivity index (χ1n) is 6.68. The van der Waals surface area contributed by atoms with E-state index in [0.717, 1.165) is 18.9 Å². The SMILES string of the molecule is COC(=O)c1cnc(NC2CCC(O)CC2)c([N+](=O)[O-])c1. The van der Waals surface area contributed by atoms with Crippen molar-refractivity contribution in [2.45, 2.75) is 37.8 Å². The summed E-state index contributed by atoms with van der Waals surface area (Å²) in [6, 6.07) is 1.18. The Morgan fingerprint density at radius 1 is 1.48 bits per heavy atom. The first-order valence-corrected chi connectivity index (χ1v) is 6.68. The molecule has 2 rings (SSSR count). The van der Waals surface area contributed by atoms with Crippen molar-refractivity contribution in [1.29, 1.82) is 0 Å². The van der Waals surface area contributed by atoms with Gasteiger partial charge in [-0.3, -0.25) is 10.1 Å². The largest absolute Gasteiger partial charge is 0.465 e. The monoisotopic (exact) mass is 295 g/mol. The highest BCUT2D eigenvalue weighted by Gasteiger charge is 2.24. The topological polar surface area (TPSA) is 115 Å². The lowest BCUT2D eigenvalue weighted by Crippen LogP contribution is -2.28. The molecule has 1 heterocycles. The number of aromatic nitrogens is 1. The van der Waals surface area contributed by atoms with E-state index in [2.05, 4.69) is 15.0 Å². The van der Waals surface area contributed by atoms with Gasteiger partial charge in [-0.15, -0.1) is 0 Å². The molecular weight excluding hydrogens is 278 g/mol. The van der Waals surface area contributed by atoms with Crippen molar-refractivity contribution in [3.63, 3.8) is 0 Å². The summed E-state index contributed by atoms with van der Waals surface area (Å²) < 4.78 is 4.52. The third-order valence-corrected chi connectivity index (χ3v) is 3.52. The molecule has 0 atom stereocenters. The van der Waals surface area contributed by atoms with Gasteiger partial charge in [0.15, 0.2) is 0 Å². The molecule has 21 heavy (non-hydrogen) atoms. The highest BCUT2D eigenvalue weighted by molar-refractivity contribution is 5.90. The zero-order valence-electron chi connectivity index (χ0n) is 11.6. The number of anilines is 1. The van der Waals surface area contributed by atoms with E-state index in [-0.39, 0.29) is 29.2 Å². The molecule has 0 aromatic carbocycles. The standard InChI is InChI=1S/C13H17N3O5/c1-21-13(18)8-6-11(16(19)20)12(14-7-8)15-9-2-4-10(17)5-3-9/h6-7,9-10,17H,2-5H2,1H3,(H,14,15). The number of pyridine rings is 1. The van der Waals surface area contributed by atoms with E-state index >= 15 is 0 Å². The van der Waals surface area contributed by atoms with E-state index in [1.807, 2.05) is 0 Å². The zero-order chi connectivity index (χ0) is 15.4. The molecule has 8 nitrogen and oxygen atoms in total. The van der Waals surface area contributed by atoms with E-state index in [1.54, 1.807) is 0 Å². The van der Waals surface area contributed by atoms with Crippen molar-refractivity contribution in [1.82, 2.24) is 4.98 Å². The van der Waals surface area contributed by atoms with Crippen molar-refractivity contribution in [3.8, 4) is 0 Å². The molecule has 1 aromatic heterocycles. The average molecular weight is 295 g/mol. The summed E-state index contributed by atoms with van der Waals surface area (Å²) in [6.07, 6.45) is 3.71. The van der Waals surface area contributed by atoms with E-state index in [0.29, 0.717) is 12.8 Å². The van der Waals surface area contributed by atoms with Gasteiger partial charge in [0.25, 0.3) is 0 Å². The van der Waals surface area contributed by atoms with Crippen molar-refractivity contribution in [2.75, 3.05) is 12.4 Å². The quantitative estimate of drug-likeness (QED) is 0.491. The smallest absolute Gasteiger partial charge is 0.339 e. The van der Waals surface area contributed by atoms with E-state index in [9.17, 15) is 20.0 Å². The molecule has 1 fully saturated rings. The summed E-state index contributed by atoms with van der Waals surface area (Å²) in [6.45, 7) is 0. The van der Waals surface area contributed by atoms with Crippen LogP contribution in [0.15, 0.2) is 12.3 Å². The van der Waals surface area contributed by atoms with Gasteiger partial charge >= 0.3 is 11.7 Å². The molecule has 1 aliphatic rings. The van der Waals surface area contributed by atoms with Gasteiger partial charge in [0.05, 0.1) is 23.7 Å². The van der Waals surface area contributed by atoms with Crippen molar-refractivity contribution in [2.24, 2.45) is 0 Å². The molecule has 0 bridgehead atoms. The lowest BCUT2D eigenvalue weighted by molar-refractivity contribution is -0.384. The van der Waals surface area contributed by atoms with E-state index in [4.69, 9.17) is 0 Å². The Bertz CT molecular complexity index is 541. The number of hydrogen-bond acceptors (Lipinski definition) is 7. The average Bonchev–Trinajstić information content (AvgIpc) is 2.49. The van der Waals surface area contributed by atoms with Crippen LogP contribution in [0, 0.1) is 10.1 Å². The van der Waals surface area contributed by atoms with Gasteiger partial charge in [0.1, 0.15) is 0 Å². The maximum Gasteiger partial charge on any atom is 0.339 e. The lowest BCUT2D eigenvalue weighted by atomic mass is 9.93. The first kappa shape index (κ1) is 15.2. The second kappa shape index (κ2) is 6.49. The predicted molar refractivity (Wildman–Crippen MR) is 74.1 cm³/mol. The van der Waals surface area contributed by atoms with Gasteiger partial charge in [-0.25, -0.2) is 9.78 Å². The van der Waals surface area contributed by atoms with Crippen molar-refractivity contribution < 1.29 is 19.6 Å². The highest BCUT2D eigenvalue weighted by Crippen LogP contribution is 2.27. The van der Waals surface area contributed by atoms with Crippen LogP contribution in [-0.2, 0) is 4.74 Å². The molecule has 0 unspecified atom stereocenters. The number of aliphatic hydroxyl groups excluding tert-OH is 1. The molecule has 0 radical (unpaired) electrons. The number of aliphatic hydroxyl groups is 1. The maximum absolute atomic E-state index is 11.4. The van der Waals surface area contributed by atoms with Gasteiger partial charge in [0.2, 0.25) is 5.82 Å². The molecule has 8 heteroatoms. The number of ether oxygens (including phenoxy) is 1.